The number of allylic oxidation sites excluding steroid dienone is 4. The van der Waals surface area contributed by atoms with Gasteiger partial charge in [0, 0.05) is 12.3 Å². The molecule has 7 heteroatoms. The van der Waals surface area contributed by atoms with Crippen molar-refractivity contribution in [1.29, 1.82) is 0 Å². The Kier molecular flexibility index (Phi) is 2.94. The number of carbonyl (C=O) groups excluding carboxylic acids is 2. The van der Waals surface area contributed by atoms with Crippen LogP contribution < -0.4 is 0 Å². The Morgan fingerprint density at radius 2 is 1.76 bits per heavy atom. The van der Waals surface area contributed by atoms with E-state index in [2.05, 4.69) is 0 Å². The van der Waals surface area contributed by atoms with Crippen molar-refractivity contribution in [2.45, 2.75) is 12.2 Å². The van der Waals surface area contributed by atoms with Gasteiger partial charge < -0.3 is 19.8 Å². The fourth-order valence-electron chi connectivity index (χ4n) is 1.20. The van der Waals surface area contributed by atoms with Crippen LogP contribution in [0, 0.1) is 0 Å². The van der Waals surface area contributed by atoms with Gasteiger partial charge in [0.05, 0.1) is 0 Å². The van der Waals surface area contributed by atoms with Crippen LogP contribution in [0.4, 0.5) is 0 Å². The van der Waals surface area contributed by atoms with E-state index in [9.17, 15) is 19.8 Å². The summed E-state index contributed by atoms with van der Waals surface area (Å²) >= 11 is 0. The van der Waals surface area contributed by atoms with Gasteiger partial charge in [-0.2, -0.15) is 0 Å². The minimum atomic E-state index is -1.98. The number of ether oxygens (including phenoxy) is 1. The van der Waals surface area contributed by atoms with Gasteiger partial charge in [0.25, 0.3) is 0 Å². The van der Waals surface area contributed by atoms with Crippen molar-refractivity contribution in [3.05, 3.63) is 36.4 Å². The van der Waals surface area contributed by atoms with Crippen LogP contribution >= 0.6 is 0 Å². The van der Waals surface area contributed by atoms with Gasteiger partial charge in [-0.05, 0) is 6.08 Å². The molecule has 2 atom stereocenters. The monoisotopic (exact) mass is 239 g/mol. The van der Waals surface area contributed by atoms with E-state index in [1.54, 1.807) is 12.2 Å². The zero-order valence-electron chi connectivity index (χ0n) is 8.52. The van der Waals surface area contributed by atoms with E-state index >= 15 is 0 Å². The Hall–Kier alpha value is -2.12. The molecule has 2 unspecified atom stereocenters. The van der Waals surface area contributed by atoms with Crippen molar-refractivity contribution in [1.82, 2.24) is 5.06 Å². The van der Waals surface area contributed by atoms with Crippen LogP contribution in [-0.2, 0) is 19.2 Å². The average Bonchev–Trinajstić information content (AvgIpc) is 2.52. The maximum atomic E-state index is 11.3. The number of nitrogens with zero attached hydrogens (tertiary/aromatic N) is 1. The molecule has 2 N–H and O–H groups in total. The summed E-state index contributed by atoms with van der Waals surface area (Å²) in [5.74, 6) is -2.36. The van der Waals surface area contributed by atoms with Crippen LogP contribution in [0.15, 0.2) is 36.4 Å². The molecule has 2 rings (SSSR count). The number of aliphatic hydroxyl groups is 2. The first-order valence-corrected chi connectivity index (χ1v) is 4.73. The first-order chi connectivity index (χ1) is 8.09. The molecule has 0 spiro atoms. The Morgan fingerprint density at radius 3 is 2.53 bits per heavy atom. The summed E-state index contributed by atoms with van der Waals surface area (Å²) in [6.45, 7) is 0. The average molecular weight is 239 g/mol. The van der Waals surface area contributed by atoms with Gasteiger partial charge in [-0.3, -0.25) is 0 Å². The van der Waals surface area contributed by atoms with Crippen LogP contribution in [0.1, 0.15) is 0 Å². The van der Waals surface area contributed by atoms with E-state index in [1.807, 2.05) is 0 Å². The molecule has 0 bridgehead atoms. The minimum absolute atomic E-state index is 0.0840. The summed E-state index contributed by atoms with van der Waals surface area (Å²) in [6.07, 6.45) is 3.45. The first-order valence-electron chi connectivity index (χ1n) is 4.73. The van der Waals surface area contributed by atoms with E-state index in [0.29, 0.717) is 0 Å². The highest BCUT2D eigenvalue weighted by atomic mass is 16.7. The predicted octanol–water partition coefficient (Wildman–Crippen LogP) is -1.05. The number of aliphatic hydroxyl groups excluding tert-OH is 2. The summed E-state index contributed by atoms with van der Waals surface area (Å²) in [7, 11) is 0. The number of rotatable bonds is 0. The van der Waals surface area contributed by atoms with Gasteiger partial charge in [-0.15, -0.1) is 5.06 Å². The van der Waals surface area contributed by atoms with Gasteiger partial charge in [0.2, 0.25) is 5.88 Å². The third-order valence-electron chi connectivity index (χ3n) is 2.08. The maximum absolute atomic E-state index is 11.3. The van der Waals surface area contributed by atoms with Crippen molar-refractivity contribution < 1.29 is 29.4 Å². The molecule has 2 heterocycles. The highest BCUT2D eigenvalue weighted by Gasteiger charge is 2.38. The fourth-order valence-corrected chi connectivity index (χ4v) is 1.20. The molecular formula is C10H9NO6. The molecule has 7 nitrogen and oxygen atoms in total. The highest BCUT2D eigenvalue weighted by molar-refractivity contribution is 5.86. The molecule has 1 fully saturated rings. The van der Waals surface area contributed by atoms with Gasteiger partial charge >= 0.3 is 11.9 Å². The van der Waals surface area contributed by atoms with Gasteiger partial charge in [-0.1, -0.05) is 12.2 Å². The second-order valence-corrected chi connectivity index (χ2v) is 3.28. The Morgan fingerprint density at radius 1 is 1.06 bits per heavy atom. The van der Waals surface area contributed by atoms with E-state index < -0.39 is 24.1 Å². The summed E-state index contributed by atoms with van der Waals surface area (Å²) in [6, 6.07) is 0. The third kappa shape index (κ3) is 2.19. The number of hydroxylamine groups is 2. The molecule has 90 valence electrons. The number of carbonyl (C=O) groups is 2. The van der Waals surface area contributed by atoms with Gasteiger partial charge in [-0.25, -0.2) is 9.59 Å². The van der Waals surface area contributed by atoms with Crippen molar-refractivity contribution in [2.24, 2.45) is 0 Å². The SMILES string of the molecule is O=C1OC2=CC=CC=CN2OC(=O)C(O)C1O. The second-order valence-electron chi connectivity index (χ2n) is 3.28. The molecule has 2 aliphatic heterocycles. The number of esters is 1. The maximum Gasteiger partial charge on any atom is 0.364 e. The summed E-state index contributed by atoms with van der Waals surface area (Å²) in [4.78, 5) is 27.4. The van der Waals surface area contributed by atoms with Crippen LogP contribution in [0.3, 0.4) is 0 Å². The zero-order chi connectivity index (χ0) is 12.4. The normalized spacial score (nSPS) is 28.4. The lowest BCUT2D eigenvalue weighted by Gasteiger charge is -2.26. The molecule has 0 aromatic carbocycles. The summed E-state index contributed by atoms with van der Waals surface area (Å²) in [5, 5.41) is 19.4. The van der Waals surface area contributed by atoms with E-state index in [4.69, 9.17) is 9.57 Å². The number of fused-ring (bicyclic) bond motifs is 1. The molecule has 17 heavy (non-hydrogen) atoms. The largest absolute Gasteiger partial charge is 0.404 e. The molecule has 0 radical (unpaired) electrons. The lowest BCUT2D eigenvalue weighted by molar-refractivity contribution is -0.209. The Bertz CT molecular complexity index is 438. The quantitative estimate of drug-likeness (QED) is 0.520. The molecule has 0 aliphatic carbocycles. The van der Waals surface area contributed by atoms with Crippen LogP contribution in [0.5, 0.6) is 0 Å². The third-order valence-corrected chi connectivity index (χ3v) is 2.08. The lowest BCUT2D eigenvalue weighted by atomic mass is 10.2. The molecule has 2 aliphatic rings. The second kappa shape index (κ2) is 4.40. The van der Waals surface area contributed by atoms with Crippen LogP contribution in [0.2, 0.25) is 0 Å². The smallest absolute Gasteiger partial charge is 0.364 e. The van der Waals surface area contributed by atoms with Crippen LogP contribution in [-0.4, -0.2) is 39.4 Å². The predicted molar refractivity (Wildman–Crippen MR) is 52.4 cm³/mol. The van der Waals surface area contributed by atoms with Gasteiger partial charge in [0.1, 0.15) is 0 Å². The summed E-state index contributed by atoms with van der Waals surface area (Å²) in [5.41, 5.74) is 0. The van der Waals surface area contributed by atoms with Gasteiger partial charge in [0.15, 0.2) is 12.2 Å². The zero-order valence-corrected chi connectivity index (χ0v) is 8.52. The standard InChI is InChI=1S/C10H9NO6/c12-7-8(13)10(15)17-11-5-3-1-2-4-6(11)16-9(7)14/h1-5,7-8,12-13H. The van der Waals surface area contributed by atoms with E-state index in [0.717, 1.165) is 5.06 Å². The molecule has 0 amide bonds. The molecule has 0 aromatic heterocycles. The van der Waals surface area contributed by atoms with E-state index in [-0.39, 0.29) is 5.88 Å². The topological polar surface area (TPSA) is 96.3 Å². The number of hydrogen-bond acceptors (Lipinski definition) is 7. The van der Waals surface area contributed by atoms with Crippen molar-refractivity contribution in [2.75, 3.05) is 0 Å². The first kappa shape index (κ1) is 11.4. The van der Waals surface area contributed by atoms with Crippen molar-refractivity contribution >= 4 is 11.9 Å². The lowest BCUT2D eigenvalue weighted by Crippen LogP contribution is -2.46. The fraction of sp³-hybridized carbons (Fsp3) is 0.200. The summed E-state index contributed by atoms with van der Waals surface area (Å²) < 4.78 is 4.76. The van der Waals surface area contributed by atoms with Crippen molar-refractivity contribution in [3.8, 4) is 0 Å². The Balaban J connectivity index is 2.32. The number of hydrogen-bond donors (Lipinski definition) is 2. The van der Waals surface area contributed by atoms with E-state index in [1.165, 1.54) is 18.4 Å². The molecule has 0 saturated carbocycles. The molecule has 0 aromatic rings. The molecule has 1 saturated heterocycles. The van der Waals surface area contributed by atoms with Crippen molar-refractivity contribution in [3.63, 3.8) is 0 Å². The highest BCUT2D eigenvalue weighted by Crippen LogP contribution is 2.17. The Labute approximate surface area is 95.8 Å². The molecular weight excluding hydrogens is 230 g/mol. The van der Waals surface area contributed by atoms with Crippen LogP contribution in [0.25, 0.3) is 0 Å². The minimum Gasteiger partial charge on any atom is -0.404 e.